The molecular weight excluding hydrogens is 298 g/mol. The lowest BCUT2D eigenvalue weighted by molar-refractivity contribution is -0.141. The van der Waals surface area contributed by atoms with E-state index in [1.54, 1.807) is 0 Å². The van der Waals surface area contributed by atoms with E-state index in [1.165, 1.54) is 0 Å². The maximum absolute atomic E-state index is 13.7. The number of halogens is 4. The van der Waals surface area contributed by atoms with Crippen LogP contribution >= 0.6 is 11.8 Å². The summed E-state index contributed by atoms with van der Waals surface area (Å²) in [5.41, 5.74) is -2.03. The number of oxime groups is 1. The number of alkyl halides is 3. The van der Waals surface area contributed by atoms with E-state index < -0.39 is 23.4 Å². The molecule has 0 fully saturated rings. The van der Waals surface area contributed by atoms with E-state index in [4.69, 9.17) is 4.84 Å². The van der Waals surface area contributed by atoms with E-state index >= 15 is 0 Å². The summed E-state index contributed by atoms with van der Waals surface area (Å²) in [7, 11) is 1.14. The van der Waals surface area contributed by atoms with Crippen LogP contribution in [0.25, 0.3) is 0 Å². The van der Waals surface area contributed by atoms with E-state index in [-0.39, 0.29) is 11.2 Å². The number of hydrogen-bond acceptors (Lipinski definition) is 4. The number of nitrogens with zero attached hydrogens (tertiary/aromatic N) is 3. The van der Waals surface area contributed by atoms with Crippen LogP contribution in [-0.2, 0) is 23.8 Å². The van der Waals surface area contributed by atoms with Crippen LogP contribution in [0.15, 0.2) is 5.16 Å². The van der Waals surface area contributed by atoms with Gasteiger partial charge in [0.1, 0.15) is 11.7 Å². The van der Waals surface area contributed by atoms with Crippen molar-refractivity contribution in [1.29, 1.82) is 0 Å². The third-order valence-corrected chi connectivity index (χ3v) is 4.18. The standard InChI is InChI=1S/C11H13F4N3OS/c1-10(2)5-19-17-9(10)20-4-6-7(11(13,14)15)16-18(3)8(6)12/h4-5H2,1-3H3. The third-order valence-electron chi connectivity index (χ3n) is 2.84. The summed E-state index contributed by atoms with van der Waals surface area (Å²) in [6.45, 7) is 4.07. The predicted molar refractivity (Wildman–Crippen MR) is 66.6 cm³/mol. The van der Waals surface area contributed by atoms with Crippen LogP contribution in [0.5, 0.6) is 0 Å². The van der Waals surface area contributed by atoms with Crippen molar-refractivity contribution in [3.63, 3.8) is 0 Å². The average molecular weight is 311 g/mol. The Hall–Kier alpha value is -1.25. The highest BCUT2D eigenvalue weighted by atomic mass is 32.2. The molecule has 2 heterocycles. The van der Waals surface area contributed by atoms with Gasteiger partial charge in [0.2, 0.25) is 5.95 Å². The van der Waals surface area contributed by atoms with Crippen LogP contribution in [0.2, 0.25) is 0 Å². The first-order valence-corrected chi connectivity index (χ1v) is 6.73. The zero-order chi connectivity index (χ0) is 15.1. The maximum atomic E-state index is 13.7. The van der Waals surface area contributed by atoms with Crippen molar-refractivity contribution in [1.82, 2.24) is 9.78 Å². The van der Waals surface area contributed by atoms with Gasteiger partial charge in [-0.3, -0.25) is 0 Å². The first kappa shape index (κ1) is 15.1. The molecule has 20 heavy (non-hydrogen) atoms. The molecule has 0 N–H and O–H groups in total. The van der Waals surface area contributed by atoms with Crippen LogP contribution in [0, 0.1) is 11.4 Å². The Labute approximate surface area is 117 Å². The molecule has 0 amide bonds. The van der Waals surface area contributed by atoms with Crippen LogP contribution in [0.4, 0.5) is 17.6 Å². The van der Waals surface area contributed by atoms with Crippen molar-refractivity contribution in [3.05, 3.63) is 17.2 Å². The van der Waals surface area contributed by atoms with Gasteiger partial charge in [-0.1, -0.05) is 19.0 Å². The summed E-state index contributed by atoms with van der Waals surface area (Å²) in [6.07, 6.45) is -4.68. The van der Waals surface area contributed by atoms with Gasteiger partial charge >= 0.3 is 6.18 Å². The molecule has 0 aliphatic carbocycles. The lowest BCUT2D eigenvalue weighted by Gasteiger charge is -2.15. The fraction of sp³-hybridized carbons (Fsp3) is 0.636. The van der Waals surface area contributed by atoms with Gasteiger partial charge < -0.3 is 4.84 Å². The van der Waals surface area contributed by atoms with Gasteiger partial charge in [0.15, 0.2) is 5.69 Å². The molecule has 0 spiro atoms. The van der Waals surface area contributed by atoms with Gasteiger partial charge in [-0.2, -0.15) is 22.7 Å². The van der Waals surface area contributed by atoms with Gasteiger partial charge in [0.05, 0.1) is 5.41 Å². The van der Waals surface area contributed by atoms with Crippen molar-refractivity contribution >= 4 is 16.8 Å². The van der Waals surface area contributed by atoms with Crippen LogP contribution in [-0.4, -0.2) is 21.4 Å². The Balaban J connectivity index is 2.22. The minimum Gasteiger partial charge on any atom is -0.394 e. The molecule has 2 rings (SSSR count). The number of aryl methyl sites for hydroxylation is 1. The Morgan fingerprint density at radius 3 is 2.55 bits per heavy atom. The molecule has 9 heteroatoms. The highest BCUT2D eigenvalue weighted by Crippen LogP contribution is 2.37. The Kier molecular flexibility index (Phi) is 3.74. The van der Waals surface area contributed by atoms with E-state index in [0.29, 0.717) is 16.3 Å². The van der Waals surface area contributed by atoms with E-state index in [1.807, 2.05) is 13.8 Å². The molecular formula is C11H13F4N3OS. The molecule has 0 radical (unpaired) electrons. The van der Waals surface area contributed by atoms with Crippen LogP contribution in [0.3, 0.4) is 0 Å². The molecule has 1 aliphatic heterocycles. The number of hydrogen-bond donors (Lipinski definition) is 0. The Morgan fingerprint density at radius 1 is 1.40 bits per heavy atom. The fourth-order valence-electron chi connectivity index (χ4n) is 1.70. The van der Waals surface area contributed by atoms with Crippen LogP contribution < -0.4 is 0 Å². The third kappa shape index (κ3) is 2.77. The molecule has 1 aliphatic rings. The topological polar surface area (TPSA) is 39.4 Å². The van der Waals surface area contributed by atoms with Crippen molar-refractivity contribution < 1.29 is 22.4 Å². The molecule has 0 saturated heterocycles. The minimum atomic E-state index is -4.68. The van der Waals surface area contributed by atoms with Crippen molar-refractivity contribution in [2.24, 2.45) is 17.6 Å². The molecule has 1 aromatic rings. The first-order chi connectivity index (χ1) is 9.13. The molecule has 0 atom stereocenters. The monoisotopic (exact) mass is 311 g/mol. The zero-order valence-electron chi connectivity index (χ0n) is 11.1. The predicted octanol–water partition coefficient (Wildman–Crippen LogP) is 3.18. The molecule has 112 valence electrons. The summed E-state index contributed by atoms with van der Waals surface area (Å²) in [6, 6.07) is 0. The number of rotatable bonds is 2. The van der Waals surface area contributed by atoms with Crippen molar-refractivity contribution in [2.75, 3.05) is 6.61 Å². The van der Waals surface area contributed by atoms with Crippen molar-refractivity contribution in [2.45, 2.75) is 25.8 Å². The summed E-state index contributed by atoms with van der Waals surface area (Å²) in [5.74, 6) is -1.18. The fourth-order valence-corrected chi connectivity index (χ4v) is 2.79. The number of aromatic nitrogens is 2. The highest BCUT2D eigenvalue weighted by Gasteiger charge is 2.40. The first-order valence-electron chi connectivity index (χ1n) is 5.75. The Morgan fingerprint density at radius 2 is 2.05 bits per heavy atom. The minimum absolute atomic E-state index is 0.194. The summed E-state index contributed by atoms with van der Waals surface area (Å²) < 4.78 is 52.7. The van der Waals surface area contributed by atoms with Gasteiger partial charge in [0.25, 0.3) is 0 Å². The van der Waals surface area contributed by atoms with Crippen molar-refractivity contribution in [3.8, 4) is 0 Å². The van der Waals surface area contributed by atoms with Gasteiger partial charge in [0, 0.05) is 18.4 Å². The lowest BCUT2D eigenvalue weighted by Crippen LogP contribution is -2.21. The summed E-state index contributed by atoms with van der Waals surface area (Å²) >= 11 is 1.03. The molecule has 1 aromatic heterocycles. The smallest absolute Gasteiger partial charge is 0.394 e. The zero-order valence-corrected chi connectivity index (χ0v) is 11.9. The van der Waals surface area contributed by atoms with Crippen LogP contribution in [0.1, 0.15) is 25.1 Å². The molecule has 0 unspecified atom stereocenters. The normalized spacial score (nSPS) is 18.1. The second kappa shape index (κ2) is 4.94. The molecule has 0 bridgehead atoms. The summed E-state index contributed by atoms with van der Waals surface area (Å²) in [4.78, 5) is 4.92. The average Bonchev–Trinajstić information content (AvgIpc) is 2.78. The molecule has 4 nitrogen and oxygen atoms in total. The largest absolute Gasteiger partial charge is 0.435 e. The van der Waals surface area contributed by atoms with E-state index in [0.717, 1.165) is 18.8 Å². The molecule has 0 aromatic carbocycles. The number of thioether (sulfide) groups is 1. The molecule has 0 saturated carbocycles. The summed E-state index contributed by atoms with van der Waals surface area (Å²) in [5, 5.41) is 7.53. The second-order valence-electron chi connectivity index (χ2n) is 5.08. The highest BCUT2D eigenvalue weighted by molar-refractivity contribution is 8.13. The Bertz CT molecular complexity index is 551. The van der Waals surface area contributed by atoms with Gasteiger partial charge in [-0.05, 0) is 0 Å². The maximum Gasteiger partial charge on any atom is 0.435 e. The van der Waals surface area contributed by atoms with Gasteiger partial charge in [-0.15, -0.1) is 11.8 Å². The van der Waals surface area contributed by atoms with E-state index in [9.17, 15) is 17.6 Å². The second-order valence-corrected chi connectivity index (χ2v) is 6.05. The van der Waals surface area contributed by atoms with E-state index in [2.05, 4.69) is 10.3 Å². The lowest BCUT2D eigenvalue weighted by atomic mass is 9.97. The quantitative estimate of drug-likeness (QED) is 0.788. The van der Waals surface area contributed by atoms with Gasteiger partial charge in [-0.25, -0.2) is 4.68 Å². The SMILES string of the molecule is Cn1nc(C(F)(F)F)c(CSC2=NOCC2(C)C)c1F.